The maximum atomic E-state index is 12.7. The van der Waals surface area contributed by atoms with Gasteiger partial charge in [-0.3, -0.25) is 14.5 Å². The Balaban J connectivity index is 1.35. The third-order valence-electron chi connectivity index (χ3n) is 6.75. The van der Waals surface area contributed by atoms with Crippen LogP contribution in [0.25, 0.3) is 0 Å². The first-order valence-corrected chi connectivity index (χ1v) is 11.6. The molecule has 1 aliphatic carbocycles. The van der Waals surface area contributed by atoms with Gasteiger partial charge >= 0.3 is 0 Å². The molecule has 2 saturated heterocycles. The van der Waals surface area contributed by atoms with Crippen LogP contribution in [0.3, 0.4) is 0 Å². The molecule has 2 aliphatic heterocycles. The second-order valence-electron chi connectivity index (χ2n) is 8.72. The molecule has 2 bridgehead atoms. The van der Waals surface area contributed by atoms with Gasteiger partial charge in [-0.05, 0) is 50.7 Å². The minimum absolute atomic E-state index is 0.0699. The van der Waals surface area contributed by atoms with Gasteiger partial charge in [0.1, 0.15) is 0 Å². The zero-order valence-electron chi connectivity index (χ0n) is 16.6. The van der Waals surface area contributed by atoms with E-state index in [-0.39, 0.29) is 23.8 Å². The van der Waals surface area contributed by atoms with Crippen molar-refractivity contribution in [1.29, 1.82) is 0 Å². The Morgan fingerprint density at radius 1 is 1.00 bits per heavy atom. The van der Waals surface area contributed by atoms with Crippen LogP contribution < -0.4 is 10.6 Å². The summed E-state index contributed by atoms with van der Waals surface area (Å²) in [6, 6.07) is 6.16. The highest BCUT2D eigenvalue weighted by molar-refractivity contribution is 6.44. The highest BCUT2D eigenvalue weighted by Gasteiger charge is 2.40. The summed E-state index contributed by atoms with van der Waals surface area (Å²) >= 11 is 12.2. The number of carbonyl (C=O) groups is 2. The molecular formula is C22H29Cl2N3O2. The number of rotatable bonds is 5. The van der Waals surface area contributed by atoms with E-state index in [1.807, 2.05) is 0 Å². The van der Waals surface area contributed by atoms with Gasteiger partial charge in [0.05, 0.1) is 22.3 Å². The van der Waals surface area contributed by atoms with Gasteiger partial charge < -0.3 is 10.6 Å². The number of halogens is 2. The second kappa shape index (κ2) is 9.23. The number of hydrogen-bond acceptors (Lipinski definition) is 3. The maximum Gasteiger partial charge on any atom is 0.238 e. The van der Waals surface area contributed by atoms with Crippen LogP contribution in [0, 0.1) is 5.92 Å². The van der Waals surface area contributed by atoms with Gasteiger partial charge in [0, 0.05) is 24.0 Å². The largest absolute Gasteiger partial charge is 0.353 e. The third kappa shape index (κ3) is 4.89. The number of carbonyl (C=O) groups excluding carboxylic acids is 2. The molecule has 7 heteroatoms. The summed E-state index contributed by atoms with van der Waals surface area (Å²) in [5.41, 5.74) is 0.549. The standard InChI is InChI=1S/C22H29Cl2N3O2/c23-18-9-4-10-19(21(18)24)26-20(28)13-27-16-7-3-8-17(27)12-15(11-16)25-22(29)14-5-1-2-6-14/h4,9-10,14-17H,1-3,5-8,11-13H2,(H,25,29)(H,26,28). The third-order valence-corrected chi connectivity index (χ3v) is 7.57. The van der Waals surface area contributed by atoms with E-state index in [0.29, 0.717) is 34.4 Å². The zero-order valence-corrected chi connectivity index (χ0v) is 18.1. The summed E-state index contributed by atoms with van der Waals surface area (Å²) in [4.78, 5) is 27.6. The molecule has 2 atom stereocenters. The summed E-state index contributed by atoms with van der Waals surface area (Å²) in [7, 11) is 0. The van der Waals surface area contributed by atoms with Crippen molar-refractivity contribution in [2.75, 3.05) is 11.9 Å². The Morgan fingerprint density at radius 2 is 1.69 bits per heavy atom. The van der Waals surface area contributed by atoms with E-state index >= 15 is 0 Å². The van der Waals surface area contributed by atoms with Gasteiger partial charge in [0.25, 0.3) is 0 Å². The molecule has 3 fully saturated rings. The van der Waals surface area contributed by atoms with E-state index in [9.17, 15) is 9.59 Å². The minimum Gasteiger partial charge on any atom is -0.353 e. The molecule has 3 aliphatic rings. The number of piperidine rings is 2. The fourth-order valence-electron chi connectivity index (χ4n) is 5.32. The Kier molecular flexibility index (Phi) is 6.67. The smallest absolute Gasteiger partial charge is 0.238 e. The van der Waals surface area contributed by atoms with E-state index in [1.54, 1.807) is 18.2 Å². The molecule has 2 unspecified atom stereocenters. The Labute approximate surface area is 182 Å². The van der Waals surface area contributed by atoms with Crippen molar-refractivity contribution in [1.82, 2.24) is 10.2 Å². The highest BCUT2D eigenvalue weighted by Crippen LogP contribution is 2.35. The predicted octanol–water partition coefficient (Wildman–Crippen LogP) is 4.62. The maximum absolute atomic E-state index is 12.7. The molecule has 4 rings (SSSR count). The number of anilines is 1. The van der Waals surface area contributed by atoms with Gasteiger partial charge in [-0.25, -0.2) is 0 Å². The van der Waals surface area contributed by atoms with Crippen LogP contribution in [0.5, 0.6) is 0 Å². The number of nitrogens with one attached hydrogen (secondary N) is 2. The first kappa shape index (κ1) is 21.0. The van der Waals surface area contributed by atoms with Crippen molar-refractivity contribution < 1.29 is 9.59 Å². The molecule has 2 N–H and O–H groups in total. The number of amides is 2. The predicted molar refractivity (Wildman–Crippen MR) is 116 cm³/mol. The normalized spacial score (nSPS) is 27.6. The van der Waals surface area contributed by atoms with Crippen LogP contribution in [0.4, 0.5) is 5.69 Å². The van der Waals surface area contributed by atoms with Crippen LogP contribution in [-0.4, -0.2) is 41.4 Å². The molecule has 0 radical (unpaired) electrons. The first-order chi connectivity index (χ1) is 14.0. The number of hydrogen-bond donors (Lipinski definition) is 2. The summed E-state index contributed by atoms with van der Waals surface area (Å²) in [6.45, 7) is 0.349. The van der Waals surface area contributed by atoms with Gasteiger partial charge in [-0.15, -0.1) is 0 Å². The molecule has 2 heterocycles. The van der Waals surface area contributed by atoms with E-state index in [0.717, 1.165) is 38.5 Å². The number of benzene rings is 1. The van der Waals surface area contributed by atoms with E-state index < -0.39 is 0 Å². The van der Waals surface area contributed by atoms with Gasteiger partial charge in [-0.1, -0.05) is 48.5 Å². The fraction of sp³-hybridized carbons (Fsp3) is 0.636. The topological polar surface area (TPSA) is 61.4 Å². The number of nitrogens with zero attached hydrogens (tertiary/aromatic N) is 1. The molecule has 0 spiro atoms. The monoisotopic (exact) mass is 437 g/mol. The van der Waals surface area contributed by atoms with Gasteiger partial charge in [0.2, 0.25) is 11.8 Å². The average Bonchev–Trinajstić information content (AvgIpc) is 3.21. The Bertz CT molecular complexity index is 752. The summed E-state index contributed by atoms with van der Waals surface area (Å²) < 4.78 is 0. The van der Waals surface area contributed by atoms with Crippen molar-refractivity contribution >= 4 is 40.7 Å². The van der Waals surface area contributed by atoms with Crippen LogP contribution in [-0.2, 0) is 9.59 Å². The van der Waals surface area contributed by atoms with Crippen molar-refractivity contribution in [3.05, 3.63) is 28.2 Å². The fourth-order valence-corrected chi connectivity index (χ4v) is 5.67. The highest BCUT2D eigenvalue weighted by atomic mass is 35.5. The molecule has 1 aromatic rings. The summed E-state index contributed by atoms with van der Waals surface area (Å²) in [5, 5.41) is 7.02. The molecule has 1 saturated carbocycles. The molecule has 29 heavy (non-hydrogen) atoms. The molecule has 5 nitrogen and oxygen atoms in total. The van der Waals surface area contributed by atoms with Crippen LogP contribution in [0.15, 0.2) is 18.2 Å². The molecule has 158 valence electrons. The first-order valence-electron chi connectivity index (χ1n) is 10.8. The van der Waals surface area contributed by atoms with Crippen LogP contribution >= 0.6 is 23.2 Å². The quantitative estimate of drug-likeness (QED) is 0.705. The average molecular weight is 438 g/mol. The van der Waals surface area contributed by atoms with E-state index in [1.165, 1.54) is 19.3 Å². The summed E-state index contributed by atoms with van der Waals surface area (Å²) in [5.74, 6) is 0.382. The molecule has 2 amide bonds. The van der Waals surface area contributed by atoms with Crippen LogP contribution in [0.2, 0.25) is 10.0 Å². The second-order valence-corrected chi connectivity index (χ2v) is 9.50. The van der Waals surface area contributed by atoms with E-state index in [2.05, 4.69) is 15.5 Å². The lowest BCUT2D eigenvalue weighted by Gasteiger charge is -2.48. The SMILES string of the molecule is O=C(CN1C2CCCC1CC(NC(=O)C1CCCC1)C2)Nc1cccc(Cl)c1Cl. The lowest BCUT2D eigenvalue weighted by atomic mass is 9.81. The van der Waals surface area contributed by atoms with Crippen molar-refractivity contribution in [3.63, 3.8) is 0 Å². The van der Waals surface area contributed by atoms with Crippen molar-refractivity contribution in [2.45, 2.75) is 75.9 Å². The lowest BCUT2D eigenvalue weighted by molar-refractivity contribution is -0.127. The van der Waals surface area contributed by atoms with Crippen LogP contribution in [0.1, 0.15) is 57.8 Å². The molecule has 1 aromatic carbocycles. The Hall–Kier alpha value is -1.30. The lowest BCUT2D eigenvalue weighted by Crippen LogP contribution is -2.58. The number of fused-ring (bicyclic) bond motifs is 2. The van der Waals surface area contributed by atoms with Gasteiger partial charge in [-0.2, -0.15) is 0 Å². The Morgan fingerprint density at radius 3 is 2.38 bits per heavy atom. The summed E-state index contributed by atoms with van der Waals surface area (Å²) in [6.07, 6.45) is 9.63. The minimum atomic E-state index is -0.0699. The zero-order chi connectivity index (χ0) is 20.4. The van der Waals surface area contributed by atoms with E-state index in [4.69, 9.17) is 23.2 Å². The molecule has 0 aromatic heterocycles. The van der Waals surface area contributed by atoms with Crippen molar-refractivity contribution in [3.8, 4) is 0 Å². The van der Waals surface area contributed by atoms with Gasteiger partial charge in [0.15, 0.2) is 0 Å². The molecular weight excluding hydrogens is 409 g/mol. The van der Waals surface area contributed by atoms with Crippen molar-refractivity contribution in [2.24, 2.45) is 5.92 Å².